The van der Waals surface area contributed by atoms with E-state index in [4.69, 9.17) is 0 Å². The average Bonchev–Trinajstić information content (AvgIpc) is 2.92. The van der Waals surface area contributed by atoms with Gasteiger partial charge in [-0.25, -0.2) is 0 Å². The summed E-state index contributed by atoms with van der Waals surface area (Å²) in [5.41, 5.74) is 0. The molecule has 0 amide bonds. The van der Waals surface area contributed by atoms with Gasteiger partial charge in [-0.3, -0.25) is 4.79 Å². The van der Waals surface area contributed by atoms with Crippen molar-refractivity contribution in [3.8, 4) is 0 Å². The highest BCUT2D eigenvalue weighted by Crippen LogP contribution is 2.31. The maximum absolute atomic E-state index is 11.4. The first kappa shape index (κ1) is 9.20. The number of nitrogens with zero attached hydrogens (tertiary/aromatic N) is 1. The SMILES string of the molecule is CCC1CN(CC2CC2)CCC1=O. The molecule has 0 N–H and O–H groups in total. The summed E-state index contributed by atoms with van der Waals surface area (Å²) in [6.45, 7) is 5.44. The van der Waals surface area contributed by atoms with Gasteiger partial charge in [0.05, 0.1) is 0 Å². The maximum Gasteiger partial charge on any atom is 0.138 e. The van der Waals surface area contributed by atoms with E-state index in [0.29, 0.717) is 11.7 Å². The van der Waals surface area contributed by atoms with Gasteiger partial charge in [0.2, 0.25) is 0 Å². The summed E-state index contributed by atoms with van der Waals surface area (Å²) in [6.07, 6.45) is 4.66. The van der Waals surface area contributed by atoms with Crippen LogP contribution >= 0.6 is 0 Å². The number of rotatable bonds is 3. The Balaban J connectivity index is 1.82. The van der Waals surface area contributed by atoms with Crippen LogP contribution in [0.5, 0.6) is 0 Å². The number of carbonyl (C=O) groups is 1. The molecule has 1 saturated heterocycles. The zero-order chi connectivity index (χ0) is 9.26. The van der Waals surface area contributed by atoms with Gasteiger partial charge in [0, 0.05) is 32.0 Å². The van der Waals surface area contributed by atoms with E-state index in [1.165, 1.54) is 19.4 Å². The Morgan fingerprint density at radius 3 is 2.85 bits per heavy atom. The maximum atomic E-state index is 11.4. The van der Waals surface area contributed by atoms with Gasteiger partial charge >= 0.3 is 0 Å². The Morgan fingerprint density at radius 1 is 1.46 bits per heavy atom. The van der Waals surface area contributed by atoms with Crippen molar-refractivity contribution in [3.05, 3.63) is 0 Å². The van der Waals surface area contributed by atoms with Crippen LogP contribution in [0.15, 0.2) is 0 Å². The predicted molar refractivity (Wildman–Crippen MR) is 52.6 cm³/mol. The molecule has 2 heteroatoms. The van der Waals surface area contributed by atoms with Gasteiger partial charge in [-0.1, -0.05) is 6.92 Å². The standard InChI is InChI=1S/C11H19NO/c1-2-10-8-12(6-5-11(10)13)7-9-3-4-9/h9-10H,2-8H2,1H3. The second-order valence-electron chi connectivity index (χ2n) is 4.52. The number of likely N-dealkylation sites (tertiary alicyclic amines) is 1. The minimum Gasteiger partial charge on any atom is -0.302 e. The quantitative estimate of drug-likeness (QED) is 0.660. The van der Waals surface area contributed by atoms with E-state index < -0.39 is 0 Å². The lowest BCUT2D eigenvalue weighted by molar-refractivity contribution is -0.126. The van der Waals surface area contributed by atoms with Crippen molar-refractivity contribution in [2.75, 3.05) is 19.6 Å². The molecule has 1 aliphatic heterocycles. The Kier molecular flexibility index (Phi) is 2.68. The summed E-state index contributed by atoms with van der Waals surface area (Å²) in [5.74, 6) is 1.80. The summed E-state index contributed by atoms with van der Waals surface area (Å²) in [4.78, 5) is 13.9. The van der Waals surface area contributed by atoms with Gasteiger partial charge in [-0.2, -0.15) is 0 Å². The fourth-order valence-corrected chi connectivity index (χ4v) is 2.17. The van der Waals surface area contributed by atoms with Crippen molar-refractivity contribution < 1.29 is 4.79 Å². The monoisotopic (exact) mass is 181 g/mol. The zero-order valence-electron chi connectivity index (χ0n) is 8.46. The molecule has 74 valence electrons. The van der Waals surface area contributed by atoms with Crippen molar-refractivity contribution in [1.29, 1.82) is 0 Å². The Morgan fingerprint density at radius 2 is 2.23 bits per heavy atom. The summed E-state index contributed by atoms with van der Waals surface area (Å²) < 4.78 is 0. The Labute approximate surface area is 80.3 Å². The third kappa shape index (κ3) is 2.31. The van der Waals surface area contributed by atoms with Crippen molar-refractivity contribution in [3.63, 3.8) is 0 Å². The minimum absolute atomic E-state index is 0.340. The minimum atomic E-state index is 0.340. The highest BCUT2D eigenvalue weighted by molar-refractivity contribution is 5.82. The fraction of sp³-hybridized carbons (Fsp3) is 0.909. The van der Waals surface area contributed by atoms with Crippen LogP contribution in [0.1, 0.15) is 32.6 Å². The molecule has 1 atom stereocenters. The van der Waals surface area contributed by atoms with Gasteiger partial charge in [-0.05, 0) is 25.2 Å². The molecule has 1 heterocycles. The number of hydrogen-bond donors (Lipinski definition) is 0. The molecule has 0 aromatic heterocycles. The molecule has 1 saturated carbocycles. The molecule has 0 aromatic carbocycles. The average molecular weight is 181 g/mol. The van der Waals surface area contributed by atoms with Crippen molar-refractivity contribution >= 4 is 5.78 Å². The number of piperidine rings is 1. The van der Waals surface area contributed by atoms with Crippen LogP contribution in [-0.4, -0.2) is 30.3 Å². The van der Waals surface area contributed by atoms with Gasteiger partial charge in [-0.15, -0.1) is 0 Å². The van der Waals surface area contributed by atoms with Crippen molar-refractivity contribution in [2.24, 2.45) is 11.8 Å². The lowest BCUT2D eigenvalue weighted by Gasteiger charge is -2.31. The predicted octanol–water partition coefficient (Wildman–Crippen LogP) is 1.70. The van der Waals surface area contributed by atoms with E-state index in [2.05, 4.69) is 11.8 Å². The van der Waals surface area contributed by atoms with Crippen LogP contribution in [0.3, 0.4) is 0 Å². The van der Waals surface area contributed by atoms with Crippen LogP contribution in [0.25, 0.3) is 0 Å². The van der Waals surface area contributed by atoms with E-state index in [9.17, 15) is 4.79 Å². The van der Waals surface area contributed by atoms with Gasteiger partial charge in [0.1, 0.15) is 5.78 Å². The van der Waals surface area contributed by atoms with Crippen LogP contribution in [0, 0.1) is 11.8 Å². The molecule has 1 unspecified atom stereocenters. The number of hydrogen-bond acceptors (Lipinski definition) is 2. The number of ketones is 1. The summed E-state index contributed by atoms with van der Waals surface area (Å²) in [5, 5.41) is 0. The lowest BCUT2D eigenvalue weighted by atomic mass is 9.94. The third-order valence-corrected chi connectivity index (χ3v) is 3.31. The van der Waals surface area contributed by atoms with Crippen molar-refractivity contribution in [2.45, 2.75) is 32.6 Å². The second kappa shape index (κ2) is 3.79. The van der Waals surface area contributed by atoms with Crippen LogP contribution < -0.4 is 0 Å². The molecule has 13 heavy (non-hydrogen) atoms. The highest BCUT2D eigenvalue weighted by Gasteiger charge is 2.30. The molecule has 0 bridgehead atoms. The first-order valence-electron chi connectivity index (χ1n) is 5.54. The summed E-state index contributed by atoms with van der Waals surface area (Å²) in [6, 6.07) is 0. The molecule has 2 rings (SSSR count). The van der Waals surface area contributed by atoms with E-state index in [-0.39, 0.29) is 0 Å². The van der Waals surface area contributed by atoms with Gasteiger partial charge in [0.15, 0.2) is 0 Å². The Bertz CT molecular complexity index is 198. The summed E-state index contributed by atoms with van der Waals surface area (Å²) >= 11 is 0. The Hall–Kier alpha value is -0.370. The van der Waals surface area contributed by atoms with Crippen molar-refractivity contribution in [1.82, 2.24) is 4.90 Å². The molecule has 1 aliphatic carbocycles. The first-order valence-corrected chi connectivity index (χ1v) is 5.54. The van der Waals surface area contributed by atoms with Crippen LogP contribution in [-0.2, 0) is 4.79 Å². The van der Waals surface area contributed by atoms with E-state index in [0.717, 1.165) is 31.8 Å². The molecule has 0 spiro atoms. The lowest BCUT2D eigenvalue weighted by Crippen LogP contribution is -2.41. The van der Waals surface area contributed by atoms with E-state index >= 15 is 0 Å². The molecule has 2 fully saturated rings. The summed E-state index contributed by atoms with van der Waals surface area (Å²) in [7, 11) is 0. The van der Waals surface area contributed by atoms with Crippen LogP contribution in [0.4, 0.5) is 0 Å². The largest absolute Gasteiger partial charge is 0.302 e. The molecule has 0 radical (unpaired) electrons. The van der Waals surface area contributed by atoms with Gasteiger partial charge in [0.25, 0.3) is 0 Å². The van der Waals surface area contributed by atoms with Gasteiger partial charge < -0.3 is 4.90 Å². The molecular weight excluding hydrogens is 162 g/mol. The zero-order valence-corrected chi connectivity index (χ0v) is 8.46. The fourth-order valence-electron chi connectivity index (χ4n) is 2.17. The smallest absolute Gasteiger partial charge is 0.138 e. The molecular formula is C11H19NO. The van der Waals surface area contributed by atoms with E-state index in [1.54, 1.807) is 0 Å². The molecule has 2 aliphatic rings. The number of carbonyl (C=O) groups excluding carboxylic acids is 1. The number of Topliss-reactive ketones (excluding diaryl/α,β-unsaturated/α-hetero) is 1. The second-order valence-corrected chi connectivity index (χ2v) is 4.52. The topological polar surface area (TPSA) is 20.3 Å². The molecule has 0 aromatic rings. The van der Waals surface area contributed by atoms with Crippen LogP contribution in [0.2, 0.25) is 0 Å². The normalized spacial score (nSPS) is 30.8. The first-order chi connectivity index (χ1) is 6.29. The van der Waals surface area contributed by atoms with E-state index in [1.807, 2.05) is 0 Å². The third-order valence-electron chi connectivity index (χ3n) is 3.31. The highest BCUT2D eigenvalue weighted by atomic mass is 16.1. The molecule has 2 nitrogen and oxygen atoms in total.